The Morgan fingerprint density at radius 2 is 1.95 bits per heavy atom. The lowest BCUT2D eigenvalue weighted by molar-refractivity contribution is 0.0690. The number of aromatic carboxylic acids is 1. The van der Waals surface area contributed by atoms with E-state index in [0.29, 0.717) is 6.54 Å². The largest absolute Gasteiger partial charge is 0.477 e. The molecule has 6 nitrogen and oxygen atoms in total. The predicted molar refractivity (Wildman–Crippen MR) is 82.9 cm³/mol. The molecule has 3 heterocycles. The summed E-state index contributed by atoms with van der Waals surface area (Å²) in [5.74, 6) is -0.983. The van der Waals surface area contributed by atoms with E-state index in [9.17, 15) is 4.79 Å². The van der Waals surface area contributed by atoms with Gasteiger partial charge in [-0.2, -0.15) is 0 Å². The zero-order chi connectivity index (χ0) is 15.4. The first-order valence-corrected chi connectivity index (χ1v) is 7.29. The van der Waals surface area contributed by atoms with Crippen LogP contribution in [0.25, 0.3) is 0 Å². The topological polar surface area (TPSA) is 69.6 Å². The minimum absolute atomic E-state index is 0.103. The van der Waals surface area contributed by atoms with E-state index in [2.05, 4.69) is 25.8 Å². The molecule has 6 heteroatoms. The number of rotatable bonds is 4. The lowest BCUT2D eigenvalue weighted by atomic mass is 10.2. The molecule has 22 heavy (non-hydrogen) atoms. The molecule has 0 atom stereocenters. The third kappa shape index (κ3) is 3.40. The molecular weight excluding hydrogens is 280 g/mol. The first-order valence-electron chi connectivity index (χ1n) is 7.29. The van der Waals surface area contributed by atoms with Gasteiger partial charge in [-0.25, -0.2) is 9.78 Å². The van der Waals surface area contributed by atoms with Gasteiger partial charge in [0.25, 0.3) is 0 Å². The number of carbonyl (C=O) groups is 1. The van der Waals surface area contributed by atoms with Gasteiger partial charge in [-0.3, -0.25) is 9.88 Å². The average molecular weight is 298 g/mol. The van der Waals surface area contributed by atoms with Crippen molar-refractivity contribution in [2.24, 2.45) is 0 Å². The van der Waals surface area contributed by atoms with E-state index in [-0.39, 0.29) is 5.69 Å². The third-order valence-corrected chi connectivity index (χ3v) is 3.79. The number of anilines is 1. The summed E-state index contributed by atoms with van der Waals surface area (Å²) >= 11 is 0. The fraction of sp³-hybridized carbons (Fsp3) is 0.312. The molecular formula is C16H18N4O2. The maximum absolute atomic E-state index is 11.0. The van der Waals surface area contributed by atoms with Crippen LogP contribution in [-0.4, -0.2) is 52.1 Å². The van der Waals surface area contributed by atoms with Gasteiger partial charge in [-0.15, -0.1) is 0 Å². The first kappa shape index (κ1) is 14.5. The summed E-state index contributed by atoms with van der Waals surface area (Å²) < 4.78 is 0. The van der Waals surface area contributed by atoms with Crippen molar-refractivity contribution >= 4 is 11.7 Å². The van der Waals surface area contributed by atoms with Crippen molar-refractivity contribution in [1.82, 2.24) is 14.9 Å². The molecule has 0 spiro atoms. The fourth-order valence-electron chi connectivity index (χ4n) is 2.62. The summed E-state index contributed by atoms with van der Waals surface area (Å²) in [5, 5.41) is 8.99. The number of hydrogen-bond acceptors (Lipinski definition) is 5. The van der Waals surface area contributed by atoms with E-state index in [1.54, 1.807) is 12.3 Å². The van der Waals surface area contributed by atoms with Gasteiger partial charge in [0, 0.05) is 38.9 Å². The number of aromatic nitrogens is 2. The average Bonchev–Trinajstić information content (AvgIpc) is 2.56. The van der Waals surface area contributed by atoms with Gasteiger partial charge in [0.1, 0.15) is 5.69 Å². The van der Waals surface area contributed by atoms with Gasteiger partial charge in [-0.05, 0) is 24.3 Å². The zero-order valence-corrected chi connectivity index (χ0v) is 12.2. The molecule has 1 N–H and O–H groups in total. The highest BCUT2D eigenvalue weighted by atomic mass is 16.4. The molecule has 114 valence electrons. The van der Waals surface area contributed by atoms with E-state index in [4.69, 9.17) is 5.11 Å². The normalized spacial score (nSPS) is 15.7. The molecule has 0 aromatic carbocycles. The van der Waals surface area contributed by atoms with E-state index in [1.807, 2.05) is 18.3 Å². The van der Waals surface area contributed by atoms with Crippen LogP contribution in [0.15, 0.2) is 42.7 Å². The monoisotopic (exact) mass is 298 g/mol. The van der Waals surface area contributed by atoms with Crippen LogP contribution in [0.1, 0.15) is 16.2 Å². The van der Waals surface area contributed by atoms with Crippen molar-refractivity contribution in [3.63, 3.8) is 0 Å². The summed E-state index contributed by atoms with van der Waals surface area (Å²) in [6.45, 7) is 4.40. The van der Waals surface area contributed by atoms with E-state index in [1.165, 1.54) is 6.07 Å². The molecule has 1 saturated heterocycles. The standard InChI is InChI=1S/C16H18N4O2/c21-16(22)15-5-1-3-13(18-15)12-19-7-9-20(10-8-19)14-4-2-6-17-11-14/h1-6,11H,7-10,12H2,(H,21,22). The van der Waals surface area contributed by atoms with E-state index in [0.717, 1.165) is 37.6 Å². The van der Waals surface area contributed by atoms with Crippen molar-refractivity contribution < 1.29 is 9.90 Å². The predicted octanol–water partition coefficient (Wildman–Crippen LogP) is 1.50. The highest BCUT2D eigenvalue weighted by Crippen LogP contribution is 2.15. The van der Waals surface area contributed by atoms with Crippen LogP contribution in [0.5, 0.6) is 0 Å². The van der Waals surface area contributed by atoms with Crippen LogP contribution in [0.2, 0.25) is 0 Å². The Bertz CT molecular complexity index is 640. The molecule has 0 aliphatic carbocycles. The number of carboxylic acid groups (broad SMARTS) is 1. The fourth-order valence-corrected chi connectivity index (χ4v) is 2.62. The molecule has 3 rings (SSSR count). The van der Waals surface area contributed by atoms with Crippen LogP contribution < -0.4 is 4.90 Å². The smallest absolute Gasteiger partial charge is 0.354 e. The molecule has 1 aliphatic rings. The number of carboxylic acids is 1. The van der Waals surface area contributed by atoms with Crippen molar-refractivity contribution in [3.8, 4) is 0 Å². The molecule has 1 aliphatic heterocycles. The van der Waals surface area contributed by atoms with Gasteiger partial charge in [0.15, 0.2) is 0 Å². The van der Waals surface area contributed by atoms with Gasteiger partial charge >= 0.3 is 5.97 Å². The van der Waals surface area contributed by atoms with E-state index < -0.39 is 5.97 Å². The van der Waals surface area contributed by atoms with Crippen LogP contribution in [0.4, 0.5) is 5.69 Å². The first-order chi connectivity index (χ1) is 10.7. The van der Waals surface area contributed by atoms with Gasteiger partial charge in [0.2, 0.25) is 0 Å². The third-order valence-electron chi connectivity index (χ3n) is 3.79. The summed E-state index contributed by atoms with van der Waals surface area (Å²) in [5.41, 5.74) is 2.05. The Balaban J connectivity index is 1.58. The number of nitrogens with zero attached hydrogens (tertiary/aromatic N) is 4. The molecule has 0 saturated carbocycles. The lowest BCUT2D eigenvalue weighted by Gasteiger charge is -2.35. The second-order valence-corrected chi connectivity index (χ2v) is 5.29. The highest BCUT2D eigenvalue weighted by Gasteiger charge is 2.18. The molecule has 1 fully saturated rings. The highest BCUT2D eigenvalue weighted by molar-refractivity contribution is 5.85. The van der Waals surface area contributed by atoms with Gasteiger partial charge < -0.3 is 10.0 Å². The SMILES string of the molecule is O=C(O)c1cccc(CN2CCN(c3cccnc3)CC2)n1. The van der Waals surface area contributed by atoms with Crippen LogP contribution in [0, 0.1) is 0 Å². The second-order valence-electron chi connectivity index (χ2n) is 5.29. The molecule has 0 unspecified atom stereocenters. The summed E-state index contributed by atoms with van der Waals surface area (Å²) in [4.78, 5) is 23.9. The Labute approximate surface area is 129 Å². The summed E-state index contributed by atoms with van der Waals surface area (Å²) in [6, 6.07) is 9.16. The van der Waals surface area contributed by atoms with E-state index >= 15 is 0 Å². The Hall–Kier alpha value is -2.47. The Morgan fingerprint density at radius 3 is 2.64 bits per heavy atom. The number of hydrogen-bond donors (Lipinski definition) is 1. The quantitative estimate of drug-likeness (QED) is 0.922. The number of piperazine rings is 1. The Morgan fingerprint density at radius 1 is 1.14 bits per heavy atom. The van der Waals surface area contributed by atoms with Crippen molar-refractivity contribution in [2.75, 3.05) is 31.1 Å². The minimum Gasteiger partial charge on any atom is -0.477 e. The van der Waals surface area contributed by atoms with Crippen LogP contribution >= 0.6 is 0 Å². The van der Waals surface area contributed by atoms with Crippen molar-refractivity contribution in [1.29, 1.82) is 0 Å². The summed E-state index contributed by atoms with van der Waals surface area (Å²) in [7, 11) is 0. The molecule has 0 bridgehead atoms. The summed E-state index contributed by atoms with van der Waals surface area (Å²) in [6.07, 6.45) is 3.66. The van der Waals surface area contributed by atoms with Crippen molar-refractivity contribution in [2.45, 2.75) is 6.54 Å². The molecule has 0 radical (unpaired) electrons. The molecule has 2 aromatic rings. The zero-order valence-electron chi connectivity index (χ0n) is 12.2. The van der Waals surface area contributed by atoms with Crippen LogP contribution in [0.3, 0.4) is 0 Å². The van der Waals surface area contributed by atoms with Crippen molar-refractivity contribution in [3.05, 3.63) is 54.1 Å². The van der Waals surface area contributed by atoms with Crippen LogP contribution in [-0.2, 0) is 6.54 Å². The number of pyridine rings is 2. The maximum Gasteiger partial charge on any atom is 0.354 e. The second kappa shape index (κ2) is 6.53. The molecule has 0 amide bonds. The van der Waals surface area contributed by atoms with Gasteiger partial charge in [0.05, 0.1) is 17.6 Å². The minimum atomic E-state index is -0.983. The molecule has 2 aromatic heterocycles. The maximum atomic E-state index is 11.0. The lowest BCUT2D eigenvalue weighted by Crippen LogP contribution is -2.46. The van der Waals surface area contributed by atoms with Gasteiger partial charge in [-0.1, -0.05) is 6.07 Å². The Kier molecular flexibility index (Phi) is 4.29.